The summed E-state index contributed by atoms with van der Waals surface area (Å²) < 4.78 is 33.1. The summed E-state index contributed by atoms with van der Waals surface area (Å²) in [7, 11) is -3.74. The topological polar surface area (TPSA) is 79.5 Å². The lowest BCUT2D eigenvalue weighted by molar-refractivity contribution is 0.340. The predicted octanol–water partition coefficient (Wildman–Crippen LogP) is 6.00. The van der Waals surface area contributed by atoms with E-state index in [0.29, 0.717) is 44.6 Å². The second-order valence-corrected chi connectivity index (χ2v) is 9.22. The van der Waals surface area contributed by atoms with Gasteiger partial charge in [-0.15, -0.1) is 0 Å². The molecule has 0 spiro atoms. The van der Waals surface area contributed by atoms with Gasteiger partial charge in [-0.3, -0.25) is 4.72 Å². The Hall–Kier alpha value is -2.52. The summed E-state index contributed by atoms with van der Waals surface area (Å²) >= 11 is 17.3. The minimum atomic E-state index is -3.74. The molecular formula is C21H19Cl2N3O3S2. The second-order valence-electron chi connectivity index (χ2n) is 6.29. The monoisotopic (exact) mass is 495 g/mol. The first-order chi connectivity index (χ1) is 14.8. The van der Waals surface area contributed by atoms with Gasteiger partial charge in [-0.1, -0.05) is 23.2 Å². The summed E-state index contributed by atoms with van der Waals surface area (Å²) in [4.78, 5) is 0.117. The summed E-state index contributed by atoms with van der Waals surface area (Å²) in [6, 6.07) is 17.9. The van der Waals surface area contributed by atoms with E-state index in [1.54, 1.807) is 54.6 Å². The Morgan fingerprint density at radius 3 is 2.19 bits per heavy atom. The van der Waals surface area contributed by atoms with Crippen molar-refractivity contribution in [1.82, 2.24) is 0 Å². The molecule has 0 bridgehead atoms. The molecule has 10 heteroatoms. The number of thiocarbonyl (C=S) groups is 1. The number of anilines is 3. The number of hydrogen-bond donors (Lipinski definition) is 3. The van der Waals surface area contributed by atoms with E-state index in [1.807, 2.05) is 6.92 Å². The van der Waals surface area contributed by atoms with E-state index in [0.717, 1.165) is 0 Å². The fraction of sp³-hybridized carbons (Fsp3) is 0.0952. The van der Waals surface area contributed by atoms with E-state index in [9.17, 15) is 8.42 Å². The number of sulfonamides is 1. The standard InChI is InChI=1S/C21H19Cl2N3O3S2/c1-2-29-17-8-4-16(5-9-17)26-31(27,28)18-10-6-15(7-11-18)24-21(30)25-20-12-3-14(22)13-19(20)23/h3-13,26H,2H2,1H3,(H2,24,25,30). The Labute approximate surface area is 196 Å². The molecule has 0 saturated heterocycles. The Bertz CT molecular complexity index is 1170. The van der Waals surface area contributed by atoms with Gasteiger partial charge in [0.2, 0.25) is 0 Å². The zero-order chi connectivity index (χ0) is 22.4. The Morgan fingerprint density at radius 2 is 1.58 bits per heavy atom. The van der Waals surface area contributed by atoms with Crippen molar-refractivity contribution < 1.29 is 13.2 Å². The van der Waals surface area contributed by atoms with Crippen LogP contribution < -0.4 is 20.1 Å². The lowest BCUT2D eigenvalue weighted by Gasteiger charge is -2.13. The first-order valence-electron chi connectivity index (χ1n) is 9.15. The highest BCUT2D eigenvalue weighted by Crippen LogP contribution is 2.26. The molecule has 0 unspecified atom stereocenters. The van der Waals surface area contributed by atoms with E-state index in [-0.39, 0.29) is 4.90 Å². The van der Waals surface area contributed by atoms with Gasteiger partial charge in [0, 0.05) is 16.4 Å². The van der Waals surface area contributed by atoms with Gasteiger partial charge < -0.3 is 15.4 Å². The first kappa shape index (κ1) is 23.1. The minimum absolute atomic E-state index is 0.117. The SMILES string of the molecule is CCOc1ccc(NS(=O)(=O)c2ccc(NC(=S)Nc3ccc(Cl)cc3Cl)cc2)cc1. The van der Waals surface area contributed by atoms with Crippen LogP contribution >= 0.6 is 35.4 Å². The Morgan fingerprint density at radius 1 is 0.935 bits per heavy atom. The van der Waals surface area contributed by atoms with Gasteiger partial charge in [0.05, 0.1) is 22.2 Å². The van der Waals surface area contributed by atoms with Crippen LogP contribution in [0.15, 0.2) is 71.6 Å². The molecule has 3 aromatic rings. The maximum absolute atomic E-state index is 12.6. The maximum Gasteiger partial charge on any atom is 0.261 e. The minimum Gasteiger partial charge on any atom is -0.494 e. The van der Waals surface area contributed by atoms with Crippen molar-refractivity contribution in [3.05, 3.63) is 76.8 Å². The highest BCUT2D eigenvalue weighted by Gasteiger charge is 2.14. The number of rotatable bonds is 7. The number of nitrogens with one attached hydrogen (secondary N) is 3. The van der Waals surface area contributed by atoms with Crippen LogP contribution in [0.4, 0.5) is 17.1 Å². The molecule has 31 heavy (non-hydrogen) atoms. The molecule has 162 valence electrons. The van der Waals surface area contributed by atoms with Crippen LogP contribution in [-0.2, 0) is 10.0 Å². The van der Waals surface area contributed by atoms with Crippen LogP contribution in [0.25, 0.3) is 0 Å². The zero-order valence-corrected chi connectivity index (χ0v) is 19.5. The van der Waals surface area contributed by atoms with E-state index >= 15 is 0 Å². The van der Waals surface area contributed by atoms with Crippen molar-refractivity contribution in [3.8, 4) is 5.75 Å². The zero-order valence-electron chi connectivity index (χ0n) is 16.4. The molecule has 6 nitrogen and oxygen atoms in total. The predicted molar refractivity (Wildman–Crippen MR) is 131 cm³/mol. The van der Waals surface area contributed by atoms with Gasteiger partial charge in [0.15, 0.2) is 5.11 Å². The van der Waals surface area contributed by atoms with Gasteiger partial charge in [0.25, 0.3) is 10.0 Å². The third-order valence-electron chi connectivity index (χ3n) is 4.02. The highest BCUT2D eigenvalue weighted by molar-refractivity contribution is 7.92. The highest BCUT2D eigenvalue weighted by atomic mass is 35.5. The van der Waals surface area contributed by atoms with Crippen LogP contribution in [0.5, 0.6) is 5.75 Å². The van der Waals surface area contributed by atoms with Gasteiger partial charge in [-0.05, 0) is 85.9 Å². The molecule has 0 aliphatic heterocycles. The second kappa shape index (κ2) is 10.2. The quantitative estimate of drug-likeness (QED) is 0.348. The third kappa shape index (κ3) is 6.48. The smallest absolute Gasteiger partial charge is 0.261 e. The van der Waals surface area contributed by atoms with Crippen molar-refractivity contribution in [3.63, 3.8) is 0 Å². The lowest BCUT2D eigenvalue weighted by atomic mass is 10.3. The van der Waals surface area contributed by atoms with Crippen molar-refractivity contribution in [2.75, 3.05) is 22.0 Å². The molecule has 0 heterocycles. The fourth-order valence-corrected chi connectivity index (χ4v) is 4.34. The molecular weight excluding hydrogens is 477 g/mol. The average Bonchev–Trinajstić information content (AvgIpc) is 2.72. The van der Waals surface area contributed by atoms with E-state index in [4.69, 9.17) is 40.2 Å². The molecule has 3 aromatic carbocycles. The van der Waals surface area contributed by atoms with E-state index in [2.05, 4.69) is 15.4 Å². The normalized spacial score (nSPS) is 10.9. The lowest BCUT2D eigenvalue weighted by Crippen LogP contribution is -2.19. The number of ether oxygens (including phenoxy) is 1. The van der Waals surface area contributed by atoms with Crippen molar-refractivity contribution in [2.24, 2.45) is 0 Å². The van der Waals surface area contributed by atoms with Crippen LogP contribution in [0, 0.1) is 0 Å². The van der Waals surface area contributed by atoms with E-state index < -0.39 is 10.0 Å². The van der Waals surface area contributed by atoms with E-state index in [1.165, 1.54) is 12.1 Å². The number of hydrogen-bond acceptors (Lipinski definition) is 4. The van der Waals surface area contributed by atoms with Crippen molar-refractivity contribution >= 4 is 67.6 Å². The summed E-state index contributed by atoms with van der Waals surface area (Å²) in [5.41, 5.74) is 1.65. The third-order valence-corrected chi connectivity index (χ3v) is 6.17. The molecule has 3 rings (SSSR count). The van der Waals surface area contributed by atoms with Crippen LogP contribution in [0.3, 0.4) is 0 Å². The largest absolute Gasteiger partial charge is 0.494 e. The summed E-state index contributed by atoms with van der Waals surface area (Å²) in [6.07, 6.45) is 0. The number of benzene rings is 3. The van der Waals surface area contributed by atoms with Crippen molar-refractivity contribution in [2.45, 2.75) is 11.8 Å². The molecule has 0 radical (unpaired) electrons. The summed E-state index contributed by atoms with van der Waals surface area (Å²) in [6.45, 7) is 2.42. The molecule has 0 atom stereocenters. The van der Waals surface area contributed by atoms with Gasteiger partial charge in [-0.25, -0.2) is 8.42 Å². The van der Waals surface area contributed by atoms with Crippen LogP contribution in [-0.4, -0.2) is 20.1 Å². The van der Waals surface area contributed by atoms with Gasteiger partial charge in [-0.2, -0.15) is 0 Å². The summed E-state index contributed by atoms with van der Waals surface area (Å²) in [5.74, 6) is 0.672. The van der Waals surface area contributed by atoms with Crippen LogP contribution in [0.1, 0.15) is 6.92 Å². The number of halogens is 2. The Balaban J connectivity index is 1.63. The summed E-state index contributed by atoms with van der Waals surface area (Å²) in [5, 5.41) is 7.19. The molecule has 0 amide bonds. The molecule has 0 aliphatic carbocycles. The first-order valence-corrected chi connectivity index (χ1v) is 11.8. The Kier molecular flexibility index (Phi) is 7.61. The molecule has 3 N–H and O–H groups in total. The molecule has 0 aromatic heterocycles. The maximum atomic E-state index is 12.6. The van der Waals surface area contributed by atoms with Gasteiger partial charge >= 0.3 is 0 Å². The van der Waals surface area contributed by atoms with Gasteiger partial charge in [0.1, 0.15) is 5.75 Å². The average molecular weight is 496 g/mol. The molecule has 0 saturated carbocycles. The van der Waals surface area contributed by atoms with Crippen molar-refractivity contribution in [1.29, 1.82) is 0 Å². The molecule has 0 aliphatic rings. The fourth-order valence-electron chi connectivity index (χ4n) is 2.59. The van der Waals surface area contributed by atoms with Crippen LogP contribution in [0.2, 0.25) is 10.0 Å². The molecule has 0 fully saturated rings.